The molecule has 59 heavy (non-hydrogen) atoms. The van der Waals surface area contributed by atoms with E-state index in [4.69, 9.17) is 9.47 Å². The van der Waals surface area contributed by atoms with Gasteiger partial charge in [0.25, 0.3) is 35.4 Å². The predicted octanol–water partition coefficient (Wildman–Crippen LogP) is 4.10. The maximum absolute atomic E-state index is 13.5. The molecule has 308 valence electrons. The van der Waals surface area contributed by atoms with Crippen LogP contribution in [0.15, 0.2) is 60.7 Å². The third-order valence-electron chi connectivity index (χ3n) is 10.5. The molecule has 3 heterocycles. The van der Waals surface area contributed by atoms with Gasteiger partial charge in [0.05, 0.1) is 22.2 Å². The second kappa shape index (κ2) is 16.7. The number of carbonyl (C=O) groups is 8. The summed E-state index contributed by atoms with van der Waals surface area (Å²) in [6.07, 6.45) is 3.06. The van der Waals surface area contributed by atoms with Gasteiger partial charge in [0.15, 0.2) is 13.3 Å². The number of ether oxygens (including phenoxy) is 2. The molecular weight excluding hydrogens is 761 g/mol. The third kappa shape index (κ3) is 8.96. The fourth-order valence-electron chi connectivity index (χ4n) is 7.06. The summed E-state index contributed by atoms with van der Waals surface area (Å²) >= 11 is 0. The van der Waals surface area contributed by atoms with Crippen LogP contribution in [-0.2, 0) is 30.5 Å². The number of hydrogen-bond acceptors (Lipinski definition) is 11. The summed E-state index contributed by atoms with van der Waals surface area (Å²) in [6, 6.07) is 15.9. The van der Waals surface area contributed by atoms with E-state index in [-0.39, 0.29) is 54.3 Å². The minimum absolute atomic E-state index is 0.0284. The Kier molecular flexibility index (Phi) is 11.5. The van der Waals surface area contributed by atoms with Gasteiger partial charge in [-0.25, -0.2) is 4.90 Å². The Balaban J connectivity index is 0.853. The van der Waals surface area contributed by atoms with Crippen LogP contribution in [0.3, 0.4) is 0 Å². The monoisotopic (exact) mass is 806 g/mol. The van der Waals surface area contributed by atoms with E-state index in [1.807, 2.05) is 17.0 Å². The number of imide groups is 2. The van der Waals surface area contributed by atoms with Gasteiger partial charge in [-0.15, -0.1) is 0 Å². The van der Waals surface area contributed by atoms with Crippen molar-refractivity contribution in [3.8, 4) is 5.75 Å². The SMILES string of the molecule is CC(C)(C)C(=O)OCN1C(=O)CCC(N2C(=O)c3ccc(NCCCCNC(=O)c4ccc(CN(C(=O)c5ccc6c(c5)OCC(=O)N6)C5CC5)cc4)cc3C2=O)C1=O. The molecule has 0 bridgehead atoms. The Morgan fingerprint density at radius 1 is 0.864 bits per heavy atom. The smallest absolute Gasteiger partial charge is 0.312 e. The highest BCUT2D eigenvalue weighted by Gasteiger charge is 2.47. The van der Waals surface area contributed by atoms with Gasteiger partial charge in [0, 0.05) is 48.9 Å². The zero-order valence-electron chi connectivity index (χ0n) is 33.1. The summed E-state index contributed by atoms with van der Waals surface area (Å²) < 4.78 is 10.7. The second-order valence-electron chi connectivity index (χ2n) is 16.1. The Bertz CT molecular complexity index is 2230. The Labute approximate surface area is 340 Å². The Morgan fingerprint density at radius 3 is 2.31 bits per heavy atom. The standard InChI is InChI=1S/C43H46N6O10/c1-43(2,3)42(57)59-24-48-36(51)17-16-33(41(48)56)49-39(54)30-14-11-28(21-31(30)40(49)55)44-18-4-5-19-45-37(52)26-8-6-25(7-9-26)22-47(29-12-13-29)38(53)27-10-15-32-34(20-27)58-23-35(50)46-32/h6-11,14-15,20-21,29,33,44H,4-5,12-13,16-19,22-24H2,1-3H3,(H,45,52)(H,46,50). The number of rotatable bonds is 14. The van der Waals surface area contributed by atoms with E-state index in [9.17, 15) is 38.4 Å². The van der Waals surface area contributed by atoms with E-state index >= 15 is 0 Å². The summed E-state index contributed by atoms with van der Waals surface area (Å²) in [4.78, 5) is 106. The number of anilines is 2. The fourth-order valence-corrected chi connectivity index (χ4v) is 7.06. The molecule has 16 nitrogen and oxygen atoms in total. The molecule has 3 N–H and O–H groups in total. The Morgan fingerprint density at radius 2 is 1.58 bits per heavy atom. The van der Waals surface area contributed by atoms with E-state index in [0.717, 1.165) is 28.2 Å². The van der Waals surface area contributed by atoms with Crippen molar-refractivity contribution in [3.63, 3.8) is 0 Å². The lowest BCUT2D eigenvalue weighted by Crippen LogP contribution is -2.56. The first-order valence-corrected chi connectivity index (χ1v) is 19.7. The first-order valence-electron chi connectivity index (χ1n) is 19.7. The highest BCUT2D eigenvalue weighted by molar-refractivity contribution is 6.23. The fraction of sp³-hybridized carbons (Fsp3) is 0.395. The molecule has 7 rings (SSSR count). The van der Waals surface area contributed by atoms with E-state index in [2.05, 4.69) is 16.0 Å². The number of hydrogen-bond donors (Lipinski definition) is 3. The molecular formula is C43H46N6O10. The van der Waals surface area contributed by atoms with Crippen LogP contribution in [0, 0.1) is 5.41 Å². The lowest BCUT2D eigenvalue weighted by Gasteiger charge is -2.34. The summed E-state index contributed by atoms with van der Waals surface area (Å²) in [5.41, 5.74) is 2.44. The number of amides is 7. The highest BCUT2D eigenvalue weighted by Crippen LogP contribution is 2.34. The number of nitrogens with zero attached hydrogens (tertiary/aromatic N) is 3. The van der Waals surface area contributed by atoms with Crippen LogP contribution in [0.4, 0.5) is 11.4 Å². The first-order chi connectivity index (χ1) is 28.2. The molecule has 4 aliphatic rings. The quantitative estimate of drug-likeness (QED) is 0.120. The van der Waals surface area contributed by atoms with Gasteiger partial charge in [0.1, 0.15) is 11.8 Å². The summed E-state index contributed by atoms with van der Waals surface area (Å²) in [5, 5.41) is 8.90. The van der Waals surface area contributed by atoms with E-state index in [1.54, 1.807) is 63.2 Å². The van der Waals surface area contributed by atoms with Crippen molar-refractivity contribution in [3.05, 3.63) is 88.5 Å². The molecule has 1 aliphatic carbocycles. The second-order valence-corrected chi connectivity index (χ2v) is 16.1. The third-order valence-corrected chi connectivity index (χ3v) is 10.5. The molecule has 3 aromatic carbocycles. The van der Waals surface area contributed by atoms with Crippen molar-refractivity contribution in [2.24, 2.45) is 5.41 Å². The number of piperidine rings is 1. The minimum atomic E-state index is -1.21. The lowest BCUT2D eigenvalue weighted by atomic mass is 9.97. The molecule has 1 unspecified atom stereocenters. The zero-order valence-corrected chi connectivity index (χ0v) is 33.1. The minimum Gasteiger partial charge on any atom is -0.482 e. The lowest BCUT2D eigenvalue weighted by molar-refractivity contribution is -0.168. The molecule has 1 atom stereocenters. The molecule has 3 aliphatic heterocycles. The maximum Gasteiger partial charge on any atom is 0.312 e. The summed E-state index contributed by atoms with van der Waals surface area (Å²) in [5.74, 6) is -3.33. The molecule has 0 radical (unpaired) electrons. The summed E-state index contributed by atoms with van der Waals surface area (Å²) in [7, 11) is 0. The van der Waals surface area contributed by atoms with Crippen molar-refractivity contribution in [1.29, 1.82) is 0 Å². The van der Waals surface area contributed by atoms with Gasteiger partial charge in [-0.3, -0.25) is 43.3 Å². The van der Waals surface area contributed by atoms with Gasteiger partial charge in [-0.05, 0) is 107 Å². The number of fused-ring (bicyclic) bond motifs is 2. The van der Waals surface area contributed by atoms with Crippen molar-refractivity contribution >= 4 is 58.7 Å². The topological polar surface area (TPSA) is 201 Å². The number of esters is 1. The molecule has 2 fully saturated rings. The Hall–Kier alpha value is -6.58. The van der Waals surface area contributed by atoms with Crippen LogP contribution in [0.1, 0.15) is 106 Å². The van der Waals surface area contributed by atoms with Crippen LogP contribution in [0.25, 0.3) is 0 Å². The first kappa shape index (κ1) is 40.6. The van der Waals surface area contributed by atoms with Crippen molar-refractivity contribution in [1.82, 2.24) is 20.0 Å². The number of benzene rings is 3. The van der Waals surface area contributed by atoms with Gasteiger partial charge in [0.2, 0.25) is 5.91 Å². The van der Waals surface area contributed by atoms with Crippen LogP contribution in [0.5, 0.6) is 5.75 Å². The largest absolute Gasteiger partial charge is 0.482 e. The van der Waals surface area contributed by atoms with Gasteiger partial charge >= 0.3 is 5.97 Å². The van der Waals surface area contributed by atoms with Crippen LogP contribution >= 0.6 is 0 Å². The van der Waals surface area contributed by atoms with E-state index in [0.29, 0.717) is 60.7 Å². The van der Waals surface area contributed by atoms with Gasteiger partial charge < -0.3 is 30.3 Å². The van der Waals surface area contributed by atoms with Gasteiger partial charge in [-0.1, -0.05) is 12.1 Å². The van der Waals surface area contributed by atoms with E-state index < -0.39 is 47.8 Å². The molecule has 7 amide bonds. The average molecular weight is 807 g/mol. The zero-order chi connectivity index (χ0) is 42.0. The highest BCUT2D eigenvalue weighted by atomic mass is 16.5. The predicted molar refractivity (Wildman–Crippen MR) is 212 cm³/mol. The number of unbranched alkanes of at least 4 members (excludes halogenated alkanes) is 1. The molecule has 3 aromatic rings. The molecule has 1 saturated carbocycles. The van der Waals surface area contributed by atoms with Gasteiger partial charge in [-0.2, -0.15) is 0 Å². The maximum atomic E-state index is 13.5. The molecule has 1 saturated heterocycles. The van der Waals surface area contributed by atoms with Crippen molar-refractivity contribution in [2.45, 2.75) is 77.9 Å². The number of carbonyl (C=O) groups excluding carboxylic acids is 8. The molecule has 16 heteroatoms. The van der Waals surface area contributed by atoms with Crippen molar-refractivity contribution in [2.75, 3.05) is 37.1 Å². The molecule has 0 aromatic heterocycles. The number of likely N-dealkylation sites (tertiary alicyclic amines) is 1. The van der Waals surface area contributed by atoms with Crippen LogP contribution in [0.2, 0.25) is 0 Å². The summed E-state index contributed by atoms with van der Waals surface area (Å²) in [6.45, 7) is 5.56. The van der Waals surface area contributed by atoms with Crippen LogP contribution < -0.4 is 20.7 Å². The normalized spacial score (nSPS) is 17.5. The van der Waals surface area contributed by atoms with E-state index in [1.165, 1.54) is 6.07 Å². The van der Waals surface area contributed by atoms with Crippen molar-refractivity contribution < 1.29 is 47.8 Å². The number of nitrogens with one attached hydrogen (secondary N) is 3. The van der Waals surface area contributed by atoms with Crippen LogP contribution in [-0.4, -0.2) is 101 Å². The average Bonchev–Trinajstić information content (AvgIpc) is 4.03. The molecule has 0 spiro atoms.